The molecular weight excluding hydrogens is 282 g/mol. The highest BCUT2D eigenvalue weighted by Gasteiger charge is 2.15. The Morgan fingerprint density at radius 2 is 1.71 bits per heavy atom. The van der Waals surface area contributed by atoms with E-state index in [0.29, 0.717) is 5.15 Å². The van der Waals surface area contributed by atoms with Gasteiger partial charge in [-0.05, 0) is 19.4 Å². The lowest BCUT2D eigenvalue weighted by Gasteiger charge is -2.22. The molecule has 112 valence electrons. The Morgan fingerprint density at radius 1 is 1.10 bits per heavy atom. The zero-order valence-corrected chi connectivity index (χ0v) is 14.1. The van der Waals surface area contributed by atoms with Crippen LogP contribution in [0.4, 0.5) is 5.82 Å². The summed E-state index contributed by atoms with van der Waals surface area (Å²) in [6, 6.07) is 8.55. The van der Waals surface area contributed by atoms with Crippen LogP contribution >= 0.6 is 11.6 Å². The molecule has 0 bridgehead atoms. The van der Waals surface area contributed by atoms with Gasteiger partial charge in [-0.25, -0.2) is 9.97 Å². The highest BCUT2D eigenvalue weighted by molar-refractivity contribution is 6.30. The van der Waals surface area contributed by atoms with Crippen molar-refractivity contribution in [3.63, 3.8) is 0 Å². The Balaban J connectivity index is 2.29. The van der Waals surface area contributed by atoms with E-state index < -0.39 is 0 Å². The zero-order valence-electron chi connectivity index (χ0n) is 13.3. The van der Waals surface area contributed by atoms with E-state index in [1.165, 1.54) is 11.1 Å². The van der Waals surface area contributed by atoms with Gasteiger partial charge in [0.25, 0.3) is 0 Å². The Hall–Kier alpha value is -1.61. The Labute approximate surface area is 132 Å². The average molecular weight is 304 g/mol. The second kappa shape index (κ2) is 6.44. The lowest BCUT2D eigenvalue weighted by molar-refractivity contribution is 0.758. The third-order valence-electron chi connectivity index (χ3n) is 3.50. The van der Waals surface area contributed by atoms with E-state index >= 15 is 0 Å². The Bertz CT molecular complexity index is 621. The number of aryl methyl sites for hydroxylation is 1. The standard InChI is InChI=1S/C17H22ClN3/c1-11(2)16-19-15(18)13(4)17(20-16)21(5)10-14-8-6-12(3)7-9-14/h6-9,11H,10H2,1-5H3. The summed E-state index contributed by atoms with van der Waals surface area (Å²) in [7, 11) is 2.04. The van der Waals surface area contributed by atoms with E-state index in [9.17, 15) is 0 Å². The van der Waals surface area contributed by atoms with Gasteiger partial charge in [0.15, 0.2) is 0 Å². The van der Waals surface area contributed by atoms with Crippen molar-refractivity contribution in [3.05, 3.63) is 51.9 Å². The molecule has 1 heterocycles. The van der Waals surface area contributed by atoms with Crippen LogP contribution < -0.4 is 4.90 Å². The molecule has 0 aliphatic heterocycles. The number of nitrogens with zero attached hydrogens (tertiary/aromatic N) is 3. The van der Waals surface area contributed by atoms with Crippen LogP contribution in [0.15, 0.2) is 24.3 Å². The van der Waals surface area contributed by atoms with Crippen molar-refractivity contribution in [2.45, 2.75) is 40.2 Å². The predicted octanol–water partition coefficient (Wildman–Crippen LogP) is 4.51. The molecule has 0 spiro atoms. The molecule has 1 aromatic carbocycles. The topological polar surface area (TPSA) is 29.0 Å². The van der Waals surface area contributed by atoms with E-state index in [1.807, 2.05) is 14.0 Å². The molecule has 0 saturated carbocycles. The van der Waals surface area contributed by atoms with Crippen LogP contribution in [-0.2, 0) is 6.54 Å². The van der Waals surface area contributed by atoms with Crippen LogP contribution in [0.3, 0.4) is 0 Å². The highest BCUT2D eigenvalue weighted by atomic mass is 35.5. The van der Waals surface area contributed by atoms with Crippen molar-refractivity contribution in [2.75, 3.05) is 11.9 Å². The monoisotopic (exact) mass is 303 g/mol. The minimum absolute atomic E-state index is 0.259. The molecule has 1 aromatic heterocycles. The van der Waals surface area contributed by atoms with E-state index in [2.05, 4.69) is 59.9 Å². The number of aromatic nitrogens is 2. The van der Waals surface area contributed by atoms with E-state index in [4.69, 9.17) is 11.6 Å². The number of hydrogen-bond acceptors (Lipinski definition) is 3. The number of halogens is 1. The van der Waals surface area contributed by atoms with Crippen LogP contribution in [0, 0.1) is 13.8 Å². The van der Waals surface area contributed by atoms with E-state index in [0.717, 1.165) is 23.8 Å². The second-order valence-electron chi connectivity index (χ2n) is 5.82. The van der Waals surface area contributed by atoms with Crippen LogP contribution in [0.2, 0.25) is 5.15 Å². The third kappa shape index (κ3) is 3.73. The number of anilines is 1. The van der Waals surface area contributed by atoms with Gasteiger partial charge in [0, 0.05) is 25.1 Å². The molecule has 2 rings (SSSR count). The third-order valence-corrected chi connectivity index (χ3v) is 3.86. The van der Waals surface area contributed by atoms with E-state index in [-0.39, 0.29) is 5.92 Å². The van der Waals surface area contributed by atoms with Crippen molar-refractivity contribution in [2.24, 2.45) is 0 Å². The molecule has 0 N–H and O–H groups in total. The maximum Gasteiger partial charge on any atom is 0.137 e. The molecule has 0 saturated heterocycles. The smallest absolute Gasteiger partial charge is 0.137 e. The molecule has 2 aromatic rings. The SMILES string of the molecule is Cc1ccc(CN(C)c2nc(C(C)C)nc(Cl)c2C)cc1. The summed E-state index contributed by atoms with van der Waals surface area (Å²) in [4.78, 5) is 11.2. The summed E-state index contributed by atoms with van der Waals surface area (Å²) in [5.74, 6) is 1.95. The first-order valence-corrected chi connectivity index (χ1v) is 7.57. The quantitative estimate of drug-likeness (QED) is 0.778. The lowest BCUT2D eigenvalue weighted by Crippen LogP contribution is -2.20. The van der Waals surface area contributed by atoms with Crippen molar-refractivity contribution in [1.29, 1.82) is 0 Å². The summed E-state index contributed by atoms with van der Waals surface area (Å²) >= 11 is 6.25. The fourth-order valence-electron chi connectivity index (χ4n) is 2.17. The molecule has 0 radical (unpaired) electrons. The van der Waals surface area contributed by atoms with Crippen molar-refractivity contribution in [3.8, 4) is 0 Å². The maximum atomic E-state index is 6.25. The molecule has 0 atom stereocenters. The molecule has 0 amide bonds. The van der Waals surface area contributed by atoms with Crippen molar-refractivity contribution in [1.82, 2.24) is 9.97 Å². The summed E-state index contributed by atoms with van der Waals surface area (Å²) in [6.07, 6.45) is 0. The van der Waals surface area contributed by atoms with Crippen molar-refractivity contribution >= 4 is 17.4 Å². The molecule has 0 aliphatic rings. The van der Waals surface area contributed by atoms with Gasteiger partial charge in [-0.3, -0.25) is 0 Å². The Kier molecular flexibility index (Phi) is 4.84. The maximum absolute atomic E-state index is 6.25. The summed E-state index contributed by atoms with van der Waals surface area (Å²) in [6.45, 7) is 9.01. The molecule has 0 unspecified atom stereocenters. The van der Waals surface area contributed by atoms with Gasteiger partial charge in [0.05, 0.1) is 0 Å². The van der Waals surface area contributed by atoms with Gasteiger partial charge in [-0.15, -0.1) is 0 Å². The first kappa shape index (κ1) is 15.8. The van der Waals surface area contributed by atoms with E-state index in [1.54, 1.807) is 0 Å². The number of rotatable bonds is 4. The summed E-state index contributed by atoms with van der Waals surface area (Å²) < 4.78 is 0. The Morgan fingerprint density at radius 3 is 2.29 bits per heavy atom. The molecule has 3 nitrogen and oxygen atoms in total. The van der Waals surface area contributed by atoms with Crippen LogP contribution in [0.25, 0.3) is 0 Å². The zero-order chi connectivity index (χ0) is 15.6. The summed E-state index contributed by atoms with van der Waals surface area (Å²) in [5, 5.41) is 0.541. The lowest BCUT2D eigenvalue weighted by atomic mass is 10.1. The molecule has 0 fully saturated rings. The second-order valence-corrected chi connectivity index (χ2v) is 6.18. The van der Waals surface area contributed by atoms with Gasteiger partial charge in [0.1, 0.15) is 16.8 Å². The van der Waals surface area contributed by atoms with Gasteiger partial charge in [-0.1, -0.05) is 55.3 Å². The first-order chi connectivity index (χ1) is 9.88. The number of benzene rings is 1. The largest absolute Gasteiger partial charge is 0.355 e. The average Bonchev–Trinajstić information content (AvgIpc) is 2.43. The van der Waals surface area contributed by atoms with Crippen molar-refractivity contribution < 1.29 is 0 Å². The molecule has 4 heteroatoms. The van der Waals surface area contributed by atoms with Gasteiger partial charge in [-0.2, -0.15) is 0 Å². The summed E-state index contributed by atoms with van der Waals surface area (Å²) in [5.41, 5.74) is 3.45. The molecule has 0 aliphatic carbocycles. The van der Waals surface area contributed by atoms with Crippen LogP contribution in [-0.4, -0.2) is 17.0 Å². The first-order valence-electron chi connectivity index (χ1n) is 7.19. The fourth-order valence-corrected chi connectivity index (χ4v) is 2.34. The minimum Gasteiger partial charge on any atom is -0.355 e. The predicted molar refractivity (Wildman–Crippen MR) is 89.2 cm³/mol. The highest BCUT2D eigenvalue weighted by Crippen LogP contribution is 2.26. The number of hydrogen-bond donors (Lipinski definition) is 0. The normalized spacial score (nSPS) is 11.0. The van der Waals surface area contributed by atoms with Gasteiger partial charge < -0.3 is 4.90 Å². The fraction of sp³-hybridized carbons (Fsp3) is 0.412. The van der Waals surface area contributed by atoms with Crippen LogP contribution in [0.5, 0.6) is 0 Å². The molecule has 21 heavy (non-hydrogen) atoms. The molecular formula is C17H22ClN3. The minimum atomic E-state index is 0.259. The van der Waals surface area contributed by atoms with Gasteiger partial charge in [0.2, 0.25) is 0 Å². The van der Waals surface area contributed by atoms with Crippen LogP contribution in [0.1, 0.15) is 42.3 Å². The van der Waals surface area contributed by atoms with Gasteiger partial charge >= 0.3 is 0 Å².